The van der Waals surface area contributed by atoms with Crippen LogP contribution in [0.1, 0.15) is 58.3 Å². The number of amides is 2. The molecule has 1 heterocycles. The number of benzene rings is 1. The molecule has 1 aromatic carbocycles. The van der Waals surface area contributed by atoms with Gasteiger partial charge in [0.05, 0.1) is 5.69 Å². The van der Waals surface area contributed by atoms with Gasteiger partial charge < -0.3 is 15.6 Å². The maximum absolute atomic E-state index is 12.0. The lowest BCUT2D eigenvalue weighted by atomic mass is 10.1. The van der Waals surface area contributed by atoms with Gasteiger partial charge in [-0.3, -0.25) is 0 Å². The van der Waals surface area contributed by atoms with E-state index in [1.54, 1.807) is 0 Å². The van der Waals surface area contributed by atoms with Crippen LogP contribution in [0.2, 0.25) is 0 Å². The van der Waals surface area contributed by atoms with Crippen LogP contribution in [0.25, 0.3) is 10.9 Å². The number of carbonyl (C=O) groups is 1. The zero-order valence-electron chi connectivity index (χ0n) is 15.3. The van der Waals surface area contributed by atoms with Crippen molar-refractivity contribution < 1.29 is 4.79 Å². The van der Waals surface area contributed by atoms with Crippen LogP contribution in [0, 0.1) is 0 Å². The van der Waals surface area contributed by atoms with Crippen LogP contribution < -0.4 is 10.6 Å². The van der Waals surface area contributed by atoms with Crippen molar-refractivity contribution in [2.24, 2.45) is 0 Å². The van der Waals surface area contributed by atoms with E-state index in [1.165, 1.54) is 38.5 Å². The summed E-state index contributed by atoms with van der Waals surface area (Å²) in [6.45, 7) is 2.90. The van der Waals surface area contributed by atoms with E-state index in [-0.39, 0.29) is 6.03 Å². The number of para-hydroxylation sites is 1. The highest BCUT2D eigenvalue weighted by Crippen LogP contribution is 2.22. The summed E-state index contributed by atoms with van der Waals surface area (Å²) in [5.41, 5.74) is 1.84. The Labute approximate surface area is 151 Å². The van der Waals surface area contributed by atoms with Crippen molar-refractivity contribution in [1.82, 2.24) is 10.3 Å². The summed E-state index contributed by atoms with van der Waals surface area (Å²) in [6.07, 6.45) is 16.2. The van der Waals surface area contributed by atoms with Gasteiger partial charge in [-0.2, -0.15) is 0 Å². The third kappa shape index (κ3) is 7.04. The number of rotatable bonds is 11. The molecule has 2 rings (SSSR count). The molecule has 0 unspecified atom stereocenters. The quantitative estimate of drug-likeness (QED) is 0.341. The lowest BCUT2D eigenvalue weighted by molar-refractivity contribution is 0.252. The van der Waals surface area contributed by atoms with Crippen LogP contribution in [0.15, 0.2) is 42.6 Å². The molecule has 0 radical (unpaired) electrons. The second-order valence-corrected chi connectivity index (χ2v) is 6.45. The minimum absolute atomic E-state index is 0.158. The predicted molar refractivity (Wildman–Crippen MR) is 107 cm³/mol. The van der Waals surface area contributed by atoms with Crippen molar-refractivity contribution >= 4 is 22.6 Å². The van der Waals surface area contributed by atoms with E-state index in [0.717, 1.165) is 29.4 Å². The molecule has 1 aromatic heterocycles. The monoisotopic (exact) mass is 341 g/mol. The van der Waals surface area contributed by atoms with Crippen molar-refractivity contribution in [1.29, 1.82) is 0 Å². The van der Waals surface area contributed by atoms with E-state index in [1.807, 2.05) is 30.5 Å². The number of urea groups is 1. The molecule has 0 saturated carbocycles. The summed E-state index contributed by atoms with van der Waals surface area (Å²) in [4.78, 5) is 15.1. The summed E-state index contributed by atoms with van der Waals surface area (Å²) in [5, 5.41) is 6.82. The number of nitrogens with one attached hydrogen (secondary N) is 3. The molecule has 2 aromatic rings. The van der Waals surface area contributed by atoms with Gasteiger partial charge in [-0.15, -0.1) is 0 Å². The molecule has 4 nitrogen and oxygen atoms in total. The van der Waals surface area contributed by atoms with E-state index in [0.29, 0.717) is 6.54 Å². The molecule has 0 saturated heterocycles. The predicted octanol–water partition coefficient (Wildman–Crippen LogP) is 5.99. The maximum Gasteiger partial charge on any atom is 0.319 e. The van der Waals surface area contributed by atoms with Gasteiger partial charge in [0.2, 0.25) is 0 Å². The van der Waals surface area contributed by atoms with Gasteiger partial charge in [0, 0.05) is 23.6 Å². The molecule has 0 aliphatic heterocycles. The number of carbonyl (C=O) groups excluding carboxylic acids is 1. The lowest BCUT2D eigenvalue weighted by Gasteiger charge is -2.05. The zero-order chi connectivity index (χ0) is 17.7. The Morgan fingerprint density at radius 3 is 2.68 bits per heavy atom. The summed E-state index contributed by atoms with van der Waals surface area (Å²) in [5.74, 6) is 0. The fraction of sp³-hybridized carbons (Fsp3) is 0.476. The molecule has 0 aliphatic rings. The minimum Gasteiger partial charge on any atom is -0.359 e. The Hall–Kier alpha value is -2.23. The number of aromatic nitrogens is 1. The van der Waals surface area contributed by atoms with Gasteiger partial charge in [-0.25, -0.2) is 4.79 Å². The van der Waals surface area contributed by atoms with Crippen molar-refractivity contribution in [3.05, 3.63) is 42.6 Å². The Kier molecular flexibility index (Phi) is 8.67. The summed E-state index contributed by atoms with van der Waals surface area (Å²) < 4.78 is 0. The molecule has 0 aliphatic carbocycles. The largest absolute Gasteiger partial charge is 0.359 e. The molecule has 4 heteroatoms. The average Bonchev–Trinajstić information content (AvgIpc) is 3.03. The van der Waals surface area contributed by atoms with Crippen molar-refractivity contribution in [2.45, 2.75) is 58.3 Å². The molecule has 3 N–H and O–H groups in total. The lowest BCUT2D eigenvalue weighted by Crippen LogP contribution is -2.29. The number of anilines is 1. The Balaban J connectivity index is 1.54. The van der Waals surface area contributed by atoms with E-state index in [2.05, 4.69) is 34.7 Å². The van der Waals surface area contributed by atoms with Crippen LogP contribution >= 0.6 is 0 Å². The second-order valence-electron chi connectivity index (χ2n) is 6.45. The van der Waals surface area contributed by atoms with E-state index in [9.17, 15) is 4.79 Å². The molecular weight excluding hydrogens is 310 g/mol. The van der Waals surface area contributed by atoms with Gasteiger partial charge in [0.1, 0.15) is 0 Å². The number of fused-ring (bicyclic) bond motifs is 1. The van der Waals surface area contributed by atoms with E-state index >= 15 is 0 Å². The molecule has 25 heavy (non-hydrogen) atoms. The van der Waals surface area contributed by atoms with Crippen molar-refractivity contribution in [3.8, 4) is 0 Å². The van der Waals surface area contributed by atoms with Crippen molar-refractivity contribution in [3.63, 3.8) is 0 Å². The molecule has 0 bridgehead atoms. The minimum atomic E-state index is -0.158. The zero-order valence-corrected chi connectivity index (χ0v) is 15.3. The number of hydrogen-bond acceptors (Lipinski definition) is 1. The number of hydrogen-bond donors (Lipinski definition) is 3. The summed E-state index contributed by atoms with van der Waals surface area (Å²) in [6, 6.07) is 7.77. The highest BCUT2D eigenvalue weighted by Gasteiger charge is 2.05. The van der Waals surface area contributed by atoms with Crippen LogP contribution in [0.3, 0.4) is 0 Å². The van der Waals surface area contributed by atoms with Gasteiger partial charge in [0.15, 0.2) is 0 Å². The molecule has 136 valence electrons. The highest BCUT2D eigenvalue weighted by molar-refractivity contribution is 6.00. The van der Waals surface area contributed by atoms with Gasteiger partial charge in [0.25, 0.3) is 0 Å². The number of unbranched alkanes of at least 4 members (excludes halogenated alkanes) is 6. The summed E-state index contributed by atoms with van der Waals surface area (Å²) in [7, 11) is 0. The smallest absolute Gasteiger partial charge is 0.319 e. The first kappa shape index (κ1) is 19.1. The van der Waals surface area contributed by atoms with Crippen LogP contribution in [0.5, 0.6) is 0 Å². The van der Waals surface area contributed by atoms with Gasteiger partial charge in [-0.1, -0.05) is 69.4 Å². The normalized spacial score (nSPS) is 11.2. The van der Waals surface area contributed by atoms with Crippen LogP contribution in [0.4, 0.5) is 10.5 Å². The van der Waals surface area contributed by atoms with Crippen molar-refractivity contribution in [2.75, 3.05) is 11.9 Å². The first-order valence-corrected chi connectivity index (χ1v) is 9.57. The third-order valence-corrected chi connectivity index (χ3v) is 4.33. The fourth-order valence-electron chi connectivity index (χ4n) is 2.89. The van der Waals surface area contributed by atoms with Gasteiger partial charge >= 0.3 is 6.03 Å². The average molecular weight is 341 g/mol. The highest BCUT2D eigenvalue weighted by atomic mass is 16.2. The maximum atomic E-state index is 12.0. The Morgan fingerprint density at radius 1 is 1.04 bits per heavy atom. The first-order valence-electron chi connectivity index (χ1n) is 9.57. The fourth-order valence-corrected chi connectivity index (χ4v) is 2.89. The van der Waals surface area contributed by atoms with Crippen LogP contribution in [-0.4, -0.2) is 17.6 Å². The SMILES string of the molecule is CCCCCCCC/C=C/CCNC(=O)Nc1c[nH]c2ccccc12. The molecular formula is C21H31N3O. The standard InChI is InChI=1S/C21H31N3O/c1-2-3-4-5-6-7-8-9-10-13-16-22-21(25)24-20-17-23-19-15-12-11-14-18(19)20/h9-12,14-15,17,23H,2-8,13,16H2,1H3,(H2,22,24,25)/b10-9+. The number of H-pyrrole nitrogens is 1. The summed E-state index contributed by atoms with van der Waals surface area (Å²) >= 11 is 0. The Morgan fingerprint density at radius 2 is 1.80 bits per heavy atom. The van der Waals surface area contributed by atoms with E-state index in [4.69, 9.17) is 0 Å². The molecule has 0 fully saturated rings. The Bertz CT molecular complexity index is 660. The molecule has 0 spiro atoms. The second kappa shape index (κ2) is 11.3. The molecule has 2 amide bonds. The number of allylic oxidation sites excluding steroid dienone is 1. The molecule has 0 atom stereocenters. The third-order valence-electron chi connectivity index (χ3n) is 4.33. The first-order chi connectivity index (χ1) is 12.3. The topological polar surface area (TPSA) is 56.9 Å². The van der Waals surface area contributed by atoms with Crippen LogP contribution in [-0.2, 0) is 0 Å². The van der Waals surface area contributed by atoms with Gasteiger partial charge in [-0.05, 0) is 25.3 Å². The number of aromatic amines is 1. The van der Waals surface area contributed by atoms with E-state index < -0.39 is 0 Å².